The quantitative estimate of drug-likeness (QED) is 0.195. The molecule has 2 fully saturated rings. The Bertz CT molecular complexity index is 1620. The van der Waals surface area contributed by atoms with Crippen LogP contribution in [0.2, 0.25) is 0 Å². The summed E-state index contributed by atoms with van der Waals surface area (Å²) in [5, 5.41) is 0. The molecule has 10 heteroatoms. The minimum Gasteiger partial charge on any atom is -0.490 e. The van der Waals surface area contributed by atoms with E-state index in [4.69, 9.17) is 9.47 Å². The van der Waals surface area contributed by atoms with Gasteiger partial charge in [-0.05, 0) is 77.3 Å². The number of fused-ring (bicyclic) bond motifs is 1. The number of carbonyl (C=O) groups excluding carboxylic acids is 1. The van der Waals surface area contributed by atoms with Gasteiger partial charge in [-0.25, -0.2) is 18.7 Å². The molecule has 0 N–H and O–H groups in total. The third-order valence-electron chi connectivity index (χ3n) is 9.01. The summed E-state index contributed by atoms with van der Waals surface area (Å²) < 4.78 is 41.2. The standard InChI is InChI=1S/C34H41F2N5O3.C4H6/c1-6-41(22(2)3)32(42)26-12-24(35)10-11-29(26)44-30-15-37-21-38-31(30)40-19-34(20-40)13-25(14-34)43-28-9-7-8-23-16-39(17-27(23)28)18-33(4,5)36;1-3-4-2/h7-12,15,21-22,25H,6,13-14,16-20H2,1-5H3;3-4H,1-2H2. The maximum absolute atomic E-state index is 14.3. The Morgan fingerprint density at radius 2 is 1.85 bits per heavy atom. The van der Waals surface area contributed by atoms with Gasteiger partial charge in [0.25, 0.3) is 5.91 Å². The first-order valence-electron chi connectivity index (χ1n) is 16.6. The third-order valence-corrected chi connectivity index (χ3v) is 9.01. The Morgan fingerprint density at radius 1 is 1.12 bits per heavy atom. The van der Waals surface area contributed by atoms with Crippen LogP contribution in [0.1, 0.15) is 68.9 Å². The molecule has 48 heavy (non-hydrogen) atoms. The van der Waals surface area contributed by atoms with E-state index in [-0.39, 0.29) is 34.8 Å². The Labute approximate surface area is 283 Å². The van der Waals surface area contributed by atoms with Crippen LogP contribution in [0, 0.1) is 11.2 Å². The highest BCUT2D eigenvalue weighted by Gasteiger charge is 2.54. The van der Waals surface area contributed by atoms with Crippen molar-refractivity contribution < 1.29 is 23.0 Å². The van der Waals surface area contributed by atoms with E-state index in [0.29, 0.717) is 31.2 Å². The van der Waals surface area contributed by atoms with Gasteiger partial charge in [0.2, 0.25) is 0 Å². The fourth-order valence-electron chi connectivity index (χ4n) is 6.95. The first-order chi connectivity index (χ1) is 22.8. The zero-order valence-electron chi connectivity index (χ0n) is 28.7. The molecule has 1 aromatic heterocycles. The van der Waals surface area contributed by atoms with Crippen LogP contribution in [0.4, 0.5) is 14.6 Å². The number of amides is 1. The Hall–Kier alpha value is -4.31. The molecule has 1 amide bonds. The number of halogens is 2. The molecule has 0 unspecified atom stereocenters. The molecule has 2 aromatic carbocycles. The van der Waals surface area contributed by atoms with Crippen LogP contribution in [0.5, 0.6) is 17.2 Å². The van der Waals surface area contributed by atoms with Crippen LogP contribution in [-0.2, 0) is 13.1 Å². The van der Waals surface area contributed by atoms with Crippen molar-refractivity contribution in [2.75, 3.05) is 31.1 Å². The van der Waals surface area contributed by atoms with E-state index in [1.165, 1.54) is 35.7 Å². The van der Waals surface area contributed by atoms with Crippen LogP contribution in [0.3, 0.4) is 0 Å². The number of hydrogen-bond donors (Lipinski definition) is 0. The third kappa shape index (κ3) is 7.86. The number of aromatic nitrogens is 2. The van der Waals surface area contributed by atoms with Gasteiger partial charge in [-0.1, -0.05) is 37.4 Å². The highest BCUT2D eigenvalue weighted by molar-refractivity contribution is 5.97. The van der Waals surface area contributed by atoms with E-state index in [0.717, 1.165) is 38.2 Å². The number of hydrogen-bond acceptors (Lipinski definition) is 7. The monoisotopic (exact) mass is 659 g/mol. The molecule has 1 aliphatic carbocycles. The minimum absolute atomic E-state index is 0.0435. The van der Waals surface area contributed by atoms with Gasteiger partial charge in [-0.2, -0.15) is 0 Å². The first kappa shape index (κ1) is 35.0. The summed E-state index contributed by atoms with van der Waals surface area (Å²) in [7, 11) is 0. The number of alkyl halides is 1. The summed E-state index contributed by atoms with van der Waals surface area (Å²) in [5.41, 5.74) is 1.45. The minimum atomic E-state index is -1.24. The van der Waals surface area contributed by atoms with Gasteiger partial charge in [-0.3, -0.25) is 9.69 Å². The van der Waals surface area contributed by atoms with Crippen molar-refractivity contribution in [3.8, 4) is 17.2 Å². The van der Waals surface area contributed by atoms with Crippen LogP contribution < -0.4 is 14.4 Å². The fraction of sp³-hybridized carbons (Fsp3) is 0.447. The number of benzene rings is 2. The number of rotatable bonds is 11. The van der Waals surface area contributed by atoms with Crippen molar-refractivity contribution in [3.63, 3.8) is 0 Å². The average Bonchev–Trinajstić information content (AvgIpc) is 3.41. The second kappa shape index (κ2) is 14.4. The van der Waals surface area contributed by atoms with Crippen molar-refractivity contribution in [2.45, 2.75) is 78.4 Å². The smallest absolute Gasteiger partial charge is 0.257 e. The summed E-state index contributed by atoms with van der Waals surface area (Å²) >= 11 is 0. The summed E-state index contributed by atoms with van der Waals surface area (Å²) in [6.07, 6.45) is 8.35. The lowest BCUT2D eigenvalue weighted by molar-refractivity contribution is -0.0349. The van der Waals surface area contributed by atoms with E-state index >= 15 is 0 Å². The van der Waals surface area contributed by atoms with Crippen LogP contribution >= 0.6 is 0 Å². The Morgan fingerprint density at radius 3 is 2.50 bits per heavy atom. The van der Waals surface area contributed by atoms with Gasteiger partial charge in [0.15, 0.2) is 11.6 Å². The molecule has 0 atom stereocenters. The lowest BCUT2D eigenvalue weighted by Crippen LogP contribution is -2.65. The van der Waals surface area contributed by atoms with Gasteiger partial charge < -0.3 is 19.3 Å². The second-order valence-electron chi connectivity index (χ2n) is 13.9. The van der Waals surface area contributed by atoms with Gasteiger partial charge in [0.1, 0.15) is 35.4 Å². The molecule has 1 saturated heterocycles. The molecule has 2 aliphatic heterocycles. The maximum atomic E-state index is 14.3. The largest absolute Gasteiger partial charge is 0.490 e. The summed E-state index contributed by atoms with van der Waals surface area (Å²) in [4.78, 5) is 27.9. The SMILES string of the molecule is C=CC=C.CCN(C(=O)c1cc(F)ccc1Oc1cncnc1N1CC2(CC(Oc3cccc4c3CN(CC(C)(C)F)C4)C2)C1)C(C)C. The second-order valence-corrected chi connectivity index (χ2v) is 13.9. The predicted octanol–water partition coefficient (Wildman–Crippen LogP) is 7.75. The van der Waals surface area contributed by atoms with Crippen molar-refractivity contribution in [1.29, 1.82) is 0 Å². The Kier molecular flexibility index (Phi) is 10.5. The number of nitrogens with zero attached hydrogens (tertiary/aromatic N) is 5. The molecule has 0 bridgehead atoms. The molecule has 0 radical (unpaired) electrons. The molecule has 8 nitrogen and oxygen atoms in total. The summed E-state index contributed by atoms with van der Waals surface area (Å²) in [6.45, 7) is 19.7. The molecule has 6 rings (SSSR count). The van der Waals surface area contributed by atoms with E-state index in [1.807, 2.05) is 32.9 Å². The van der Waals surface area contributed by atoms with Crippen molar-refractivity contribution in [2.24, 2.45) is 5.41 Å². The molecule has 1 saturated carbocycles. The van der Waals surface area contributed by atoms with E-state index in [9.17, 15) is 13.6 Å². The zero-order chi connectivity index (χ0) is 34.6. The first-order valence-corrected chi connectivity index (χ1v) is 16.6. The molecule has 3 heterocycles. The van der Waals surface area contributed by atoms with E-state index in [2.05, 4.69) is 39.0 Å². The molecular weight excluding hydrogens is 612 g/mol. The van der Waals surface area contributed by atoms with Crippen LogP contribution in [-0.4, -0.2) is 69.7 Å². The number of allylic oxidation sites excluding steroid dienone is 2. The van der Waals surface area contributed by atoms with Crippen molar-refractivity contribution >= 4 is 11.7 Å². The molecule has 3 aromatic rings. The summed E-state index contributed by atoms with van der Waals surface area (Å²) in [6, 6.07) is 10.1. The normalized spacial score (nSPS) is 16.7. The Balaban J connectivity index is 0.00000107. The maximum Gasteiger partial charge on any atom is 0.257 e. The van der Waals surface area contributed by atoms with Gasteiger partial charge in [-0.15, -0.1) is 0 Å². The van der Waals surface area contributed by atoms with Crippen LogP contribution in [0.15, 0.2) is 74.2 Å². The number of carbonyl (C=O) groups is 1. The van der Waals surface area contributed by atoms with Crippen molar-refractivity contribution in [3.05, 3.63) is 96.7 Å². The molecule has 256 valence electrons. The predicted molar refractivity (Wildman–Crippen MR) is 185 cm³/mol. The number of ether oxygens (including phenoxy) is 2. The highest BCUT2D eigenvalue weighted by atomic mass is 19.1. The van der Waals surface area contributed by atoms with Gasteiger partial charge >= 0.3 is 0 Å². The van der Waals surface area contributed by atoms with Crippen LogP contribution in [0.25, 0.3) is 0 Å². The summed E-state index contributed by atoms with van der Waals surface area (Å²) in [5.74, 6) is 1.45. The highest BCUT2D eigenvalue weighted by Crippen LogP contribution is 2.52. The number of anilines is 1. The van der Waals surface area contributed by atoms with Gasteiger partial charge in [0, 0.05) is 56.3 Å². The van der Waals surface area contributed by atoms with Gasteiger partial charge in [0.05, 0.1) is 11.8 Å². The van der Waals surface area contributed by atoms with E-state index in [1.54, 1.807) is 37.1 Å². The lowest BCUT2D eigenvalue weighted by Gasteiger charge is -2.59. The molecule has 3 aliphatic rings. The lowest BCUT2D eigenvalue weighted by atomic mass is 9.61. The molecular formula is C38H47F2N5O3. The fourth-order valence-corrected chi connectivity index (χ4v) is 6.95. The van der Waals surface area contributed by atoms with E-state index < -0.39 is 11.5 Å². The topological polar surface area (TPSA) is 71.0 Å². The zero-order valence-corrected chi connectivity index (χ0v) is 28.7. The van der Waals surface area contributed by atoms with Crippen molar-refractivity contribution in [1.82, 2.24) is 19.8 Å². The molecule has 1 spiro atoms. The average molecular weight is 660 g/mol.